The van der Waals surface area contributed by atoms with Crippen LogP contribution in [0.1, 0.15) is 69.7 Å². The molecule has 0 aromatic heterocycles. The highest BCUT2D eigenvalue weighted by Crippen LogP contribution is 2.26. The Labute approximate surface area is 185 Å². The lowest BCUT2D eigenvalue weighted by molar-refractivity contribution is -0.117. The lowest BCUT2D eigenvalue weighted by Crippen LogP contribution is -2.37. The second kappa shape index (κ2) is 11.0. The summed E-state index contributed by atoms with van der Waals surface area (Å²) in [6.07, 6.45) is 5.80. The van der Waals surface area contributed by atoms with Gasteiger partial charge in [0.15, 0.2) is 0 Å². The van der Waals surface area contributed by atoms with Gasteiger partial charge in [0.1, 0.15) is 17.2 Å². The minimum absolute atomic E-state index is 0.134. The van der Waals surface area contributed by atoms with Gasteiger partial charge in [-0.3, -0.25) is 9.69 Å². The van der Waals surface area contributed by atoms with Crippen LogP contribution in [0.3, 0.4) is 0 Å². The van der Waals surface area contributed by atoms with E-state index in [9.17, 15) is 14.9 Å². The van der Waals surface area contributed by atoms with Gasteiger partial charge < -0.3 is 15.8 Å². The van der Waals surface area contributed by atoms with Gasteiger partial charge in [0.2, 0.25) is 0 Å². The van der Waals surface area contributed by atoms with E-state index in [2.05, 4.69) is 23.5 Å². The van der Waals surface area contributed by atoms with E-state index in [-0.39, 0.29) is 24.7 Å². The normalized spacial score (nSPS) is 14.8. The van der Waals surface area contributed by atoms with Crippen LogP contribution in [0.25, 0.3) is 0 Å². The first-order valence-electron chi connectivity index (χ1n) is 10.9. The third-order valence-corrected chi connectivity index (χ3v) is 5.14. The van der Waals surface area contributed by atoms with Crippen molar-refractivity contribution >= 4 is 12.0 Å². The van der Waals surface area contributed by atoms with Gasteiger partial charge in [0, 0.05) is 19.3 Å². The van der Waals surface area contributed by atoms with Gasteiger partial charge in [0.05, 0.1) is 6.04 Å². The molecule has 1 aromatic rings. The van der Waals surface area contributed by atoms with Crippen LogP contribution in [0.4, 0.5) is 4.79 Å². The molecule has 31 heavy (non-hydrogen) atoms. The fourth-order valence-corrected chi connectivity index (χ4v) is 3.59. The Bertz CT molecular complexity index is 865. The highest BCUT2D eigenvalue weighted by Gasteiger charge is 2.23. The number of carbonyl (C=O) groups is 2. The van der Waals surface area contributed by atoms with Crippen LogP contribution >= 0.6 is 0 Å². The number of carbonyl (C=O) groups excluding carboxylic acids is 2. The van der Waals surface area contributed by atoms with E-state index in [1.165, 1.54) is 35.1 Å². The summed E-state index contributed by atoms with van der Waals surface area (Å²) >= 11 is 0. The van der Waals surface area contributed by atoms with E-state index in [0.717, 1.165) is 18.4 Å². The van der Waals surface area contributed by atoms with Crippen LogP contribution in [0.15, 0.2) is 30.0 Å². The molecule has 0 bridgehead atoms. The highest BCUT2D eigenvalue weighted by molar-refractivity contribution is 5.97. The summed E-state index contributed by atoms with van der Waals surface area (Å²) in [6, 6.07) is 8.04. The van der Waals surface area contributed by atoms with Crippen molar-refractivity contribution in [2.45, 2.75) is 71.4 Å². The Kier molecular flexibility index (Phi) is 8.64. The SMILES string of the molecule is CCC(NC(=O)/C(C#N)=C\N(CCN)C(=O)OC(C)(C)C)c1ccc2c(c1)CCCC2. The molecule has 0 aliphatic heterocycles. The number of hydrogen-bond acceptors (Lipinski definition) is 5. The molecule has 2 amide bonds. The summed E-state index contributed by atoms with van der Waals surface area (Å²) in [4.78, 5) is 26.4. The van der Waals surface area contributed by atoms with Crippen LogP contribution in [-0.4, -0.2) is 35.6 Å². The van der Waals surface area contributed by atoms with Crippen molar-refractivity contribution in [3.63, 3.8) is 0 Å². The molecule has 168 valence electrons. The van der Waals surface area contributed by atoms with E-state index in [0.29, 0.717) is 6.42 Å². The number of rotatable bonds is 7. The zero-order chi connectivity index (χ0) is 23.0. The number of nitrogens with two attached hydrogens (primary N) is 1. The van der Waals surface area contributed by atoms with E-state index < -0.39 is 17.6 Å². The van der Waals surface area contributed by atoms with E-state index in [1.54, 1.807) is 20.8 Å². The Morgan fingerprint density at radius 3 is 2.55 bits per heavy atom. The standard InChI is InChI=1S/C24H34N4O3/c1-5-21(19-11-10-17-8-6-7-9-18(17)14-19)27-22(29)20(15-26)16-28(13-12-25)23(30)31-24(2,3)4/h10-11,14,16,21H,5-9,12-13,25H2,1-4H3,(H,27,29)/b20-16-. The lowest BCUT2D eigenvalue weighted by Gasteiger charge is -2.25. The second-order valence-electron chi connectivity index (χ2n) is 8.79. The molecule has 0 saturated carbocycles. The Morgan fingerprint density at radius 2 is 1.97 bits per heavy atom. The second-order valence-corrected chi connectivity index (χ2v) is 8.79. The molecule has 1 unspecified atom stereocenters. The molecule has 1 aromatic carbocycles. The van der Waals surface area contributed by atoms with Gasteiger partial charge in [-0.25, -0.2) is 4.79 Å². The number of fused-ring (bicyclic) bond motifs is 1. The van der Waals surface area contributed by atoms with Crippen LogP contribution in [0.2, 0.25) is 0 Å². The van der Waals surface area contributed by atoms with Crippen molar-refractivity contribution in [1.29, 1.82) is 5.26 Å². The zero-order valence-corrected chi connectivity index (χ0v) is 19.0. The molecule has 0 saturated heterocycles. The summed E-state index contributed by atoms with van der Waals surface area (Å²) in [5.41, 5.74) is 8.47. The summed E-state index contributed by atoms with van der Waals surface area (Å²) in [5, 5.41) is 12.5. The van der Waals surface area contributed by atoms with Gasteiger partial charge in [-0.2, -0.15) is 5.26 Å². The molecule has 0 radical (unpaired) electrons. The Balaban J connectivity index is 2.19. The van der Waals surface area contributed by atoms with Crippen LogP contribution in [-0.2, 0) is 22.4 Å². The molecular formula is C24H34N4O3. The predicted molar refractivity (Wildman–Crippen MR) is 120 cm³/mol. The molecule has 7 heteroatoms. The maximum atomic E-state index is 12.8. The van der Waals surface area contributed by atoms with Crippen LogP contribution in [0.5, 0.6) is 0 Å². The van der Waals surface area contributed by atoms with Crippen molar-refractivity contribution in [3.8, 4) is 6.07 Å². The molecule has 0 fully saturated rings. The van der Waals surface area contributed by atoms with Gasteiger partial charge in [-0.05, 0) is 69.6 Å². The van der Waals surface area contributed by atoms with E-state index in [4.69, 9.17) is 10.5 Å². The molecule has 3 N–H and O–H groups in total. The fraction of sp³-hybridized carbons (Fsp3) is 0.542. The topological polar surface area (TPSA) is 108 Å². The summed E-state index contributed by atoms with van der Waals surface area (Å²) in [7, 11) is 0. The summed E-state index contributed by atoms with van der Waals surface area (Å²) in [5.74, 6) is -0.530. The number of nitrogens with zero attached hydrogens (tertiary/aromatic N) is 2. The molecule has 0 heterocycles. The van der Waals surface area contributed by atoms with Crippen molar-refractivity contribution < 1.29 is 14.3 Å². The molecule has 2 rings (SSSR count). The summed E-state index contributed by atoms with van der Waals surface area (Å²) < 4.78 is 5.35. The number of amides is 2. The number of benzene rings is 1. The van der Waals surface area contributed by atoms with Crippen molar-refractivity contribution in [3.05, 3.63) is 46.7 Å². The maximum absolute atomic E-state index is 12.8. The fourth-order valence-electron chi connectivity index (χ4n) is 3.59. The van der Waals surface area contributed by atoms with E-state index in [1.807, 2.05) is 13.0 Å². The van der Waals surface area contributed by atoms with Crippen molar-refractivity contribution in [1.82, 2.24) is 10.2 Å². The molecule has 0 spiro atoms. The smallest absolute Gasteiger partial charge is 0.414 e. The highest BCUT2D eigenvalue weighted by atomic mass is 16.6. The van der Waals surface area contributed by atoms with E-state index >= 15 is 0 Å². The molecule has 1 aliphatic carbocycles. The third kappa shape index (κ3) is 7.11. The lowest BCUT2D eigenvalue weighted by atomic mass is 9.88. The minimum atomic E-state index is -0.702. The largest absolute Gasteiger partial charge is 0.443 e. The monoisotopic (exact) mass is 426 g/mol. The Hall–Kier alpha value is -2.85. The first-order valence-corrected chi connectivity index (χ1v) is 10.9. The zero-order valence-electron chi connectivity index (χ0n) is 19.0. The van der Waals surface area contributed by atoms with Crippen molar-refractivity contribution in [2.24, 2.45) is 5.73 Å². The number of hydrogen-bond donors (Lipinski definition) is 2. The Morgan fingerprint density at radius 1 is 1.29 bits per heavy atom. The first kappa shape index (κ1) is 24.4. The first-order chi connectivity index (χ1) is 14.7. The van der Waals surface area contributed by atoms with Crippen LogP contribution < -0.4 is 11.1 Å². The van der Waals surface area contributed by atoms with Gasteiger partial charge in [-0.15, -0.1) is 0 Å². The molecular weight excluding hydrogens is 392 g/mol. The molecule has 7 nitrogen and oxygen atoms in total. The van der Waals surface area contributed by atoms with Gasteiger partial charge in [0.25, 0.3) is 5.91 Å². The quantitative estimate of drug-likeness (QED) is 0.510. The number of ether oxygens (including phenoxy) is 1. The summed E-state index contributed by atoms with van der Waals surface area (Å²) in [6.45, 7) is 7.53. The average Bonchev–Trinajstić information content (AvgIpc) is 2.73. The number of nitriles is 1. The third-order valence-electron chi connectivity index (χ3n) is 5.14. The van der Waals surface area contributed by atoms with Gasteiger partial charge >= 0.3 is 6.09 Å². The average molecular weight is 427 g/mol. The maximum Gasteiger partial charge on any atom is 0.414 e. The molecule has 1 atom stereocenters. The van der Waals surface area contributed by atoms with Crippen molar-refractivity contribution in [2.75, 3.05) is 13.1 Å². The van der Waals surface area contributed by atoms with Gasteiger partial charge in [-0.1, -0.05) is 25.1 Å². The molecule has 1 aliphatic rings. The van der Waals surface area contributed by atoms with Crippen LogP contribution in [0, 0.1) is 11.3 Å². The number of nitrogens with one attached hydrogen (secondary N) is 1. The number of aryl methyl sites for hydroxylation is 2. The predicted octanol–water partition coefficient (Wildman–Crippen LogP) is 3.74. The minimum Gasteiger partial charge on any atom is -0.443 e.